The average Bonchev–Trinajstić information content (AvgIpc) is 2.96. The fourth-order valence-electron chi connectivity index (χ4n) is 2.04. The summed E-state index contributed by atoms with van der Waals surface area (Å²) in [6, 6.07) is 10.8. The first-order valence-corrected chi connectivity index (χ1v) is 6.93. The van der Waals surface area contributed by atoms with Crippen molar-refractivity contribution in [3.8, 4) is 11.8 Å². The van der Waals surface area contributed by atoms with Gasteiger partial charge >= 0.3 is 0 Å². The number of H-pyrrole nitrogens is 1. The number of fused-ring (bicyclic) bond motifs is 1. The highest BCUT2D eigenvalue weighted by molar-refractivity contribution is 5.77. The molecule has 0 atom stereocenters. The lowest BCUT2D eigenvalue weighted by atomic mass is 10.2. The first-order chi connectivity index (χ1) is 11.2. The third-order valence-corrected chi connectivity index (χ3v) is 3.11. The van der Waals surface area contributed by atoms with Crippen LogP contribution < -0.4 is 5.32 Å². The van der Waals surface area contributed by atoms with E-state index < -0.39 is 0 Å². The van der Waals surface area contributed by atoms with Gasteiger partial charge in [0.25, 0.3) is 0 Å². The molecule has 0 aliphatic carbocycles. The van der Waals surface area contributed by atoms with Crippen LogP contribution in [0, 0.1) is 23.1 Å². The number of hydrogen-bond acceptors (Lipinski definition) is 3. The molecule has 0 aliphatic rings. The third-order valence-electron chi connectivity index (χ3n) is 3.11. The van der Waals surface area contributed by atoms with Crippen LogP contribution in [-0.4, -0.2) is 16.2 Å². The number of benzene rings is 1. The average molecular weight is 304 g/mol. The van der Waals surface area contributed by atoms with Crippen molar-refractivity contribution in [3.05, 3.63) is 71.9 Å². The zero-order chi connectivity index (χ0) is 16.1. The number of aromatic amines is 1. The van der Waals surface area contributed by atoms with Gasteiger partial charge in [-0.1, -0.05) is 5.92 Å². The van der Waals surface area contributed by atoms with Crippen molar-refractivity contribution in [2.24, 2.45) is 0 Å². The van der Waals surface area contributed by atoms with Gasteiger partial charge < -0.3 is 15.7 Å². The highest BCUT2D eigenvalue weighted by atomic mass is 19.1. The van der Waals surface area contributed by atoms with Crippen molar-refractivity contribution in [2.75, 3.05) is 5.32 Å². The maximum atomic E-state index is 13.1. The summed E-state index contributed by atoms with van der Waals surface area (Å²) in [6.45, 7) is 0. The number of hydrogen-bond donors (Lipinski definition) is 3. The Labute approximate surface area is 132 Å². The summed E-state index contributed by atoms with van der Waals surface area (Å²) < 4.78 is 13.1. The molecular formula is C18H13FN4. The topological polar surface area (TPSA) is 64.6 Å². The second kappa shape index (κ2) is 6.58. The Morgan fingerprint density at radius 2 is 2.00 bits per heavy atom. The van der Waals surface area contributed by atoms with Crippen molar-refractivity contribution in [2.45, 2.75) is 0 Å². The molecule has 0 amide bonds. The normalized spacial score (nSPS) is 10.5. The van der Waals surface area contributed by atoms with Gasteiger partial charge in [-0.3, -0.25) is 0 Å². The van der Waals surface area contributed by atoms with E-state index in [1.165, 1.54) is 18.5 Å². The smallest absolute Gasteiger partial charge is 0.142 e. The highest BCUT2D eigenvalue weighted by Gasteiger charge is 2.01. The molecule has 3 aromatic rings. The first kappa shape index (κ1) is 14.5. The van der Waals surface area contributed by atoms with Gasteiger partial charge in [0.1, 0.15) is 11.5 Å². The Bertz CT molecular complexity index is 927. The predicted octanol–water partition coefficient (Wildman–Crippen LogP) is 3.68. The van der Waals surface area contributed by atoms with Gasteiger partial charge in [0.15, 0.2) is 0 Å². The van der Waals surface area contributed by atoms with Crippen LogP contribution in [0.15, 0.2) is 54.9 Å². The van der Waals surface area contributed by atoms with E-state index in [0.29, 0.717) is 16.7 Å². The third kappa shape index (κ3) is 3.63. The second-order valence-corrected chi connectivity index (χ2v) is 4.77. The van der Waals surface area contributed by atoms with Crippen molar-refractivity contribution < 1.29 is 4.39 Å². The van der Waals surface area contributed by atoms with E-state index >= 15 is 0 Å². The van der Waals surface area contributed by atoms with Crippen LogP contribution in [0.1, 0.15) is 11.3 Å². The summed E-state index contributed by atoms with van der Waals surface area (Å²) in [4.78, 5) is 7.02. The molecule has 0 unspecified atom stereocenters. The summed E-state index contributed by atoms with van der Waals surface area (Å²) in [5.41, 5.74) is 3.09. The molecule has 4 nitrogen and oxygen atoms in total. The molecule has 5 heteroatoms. The van der Waals surface area contributed by atoms with E-state index in [4.69, 9.17) is 5.41 Å². The minimum absolute atomic E-state index is 0.365. The summed E-state index contributed by atoms with van der Waals surface area (Å²) in [7, 11) is 0. The Kier molecular flexibility index (Phi) is 4.16. The molecule has 2 aromatic heterocycles. The summed E-state index contributed by atoms with van der Waals surface area (Å²) >= 11 is 0. The van der Waals surface area contributed by atoms with E-state index in [9.17, 15) is 4.39 Å². The SMILES string of the molecule is N=C/C=C\Nc1ccc(C#Cc2cc3cc(F)cnc3[nH]2)cc1. The molecule has 0 spiro atoms. The second-order valence-electron chi connectivity index (χ2n) is 4.77. The maximum absolute atomic E-state index is 13.1. The number of anilines is 1. The number of rotatable bonds is 3. The molecule has 0 bridgehead atoms. The molecule has 112 valence electrons. The molecule has 0 radical (unpaired) electrons. The zero-order valence-electron chi connectivity index (χ0n) is 12.1. The minimum Gasteiger partial charge on any atom is -0.362 e. The van der Waals surface area contributed by atoms with E-state index in [-0.39, 0.29) is 5.82 Å². The molecule has 3 rings (SSSR count). The molecule has 3 N–H and O–H groups in total. The first-order valence-electron chi connectivity index (χ1n) is 6.93. The van der Waals surface area contributed by atoms with Crippen molar-refractivity contribution in [1.82, 2.24) is 9.97 Å². The Morgan fingerprint density at radius 3 is 2.78 bits per heavy atom. The van der Waals surface area contributed by atoms with Gasteiger partial charge in [0.05, 0.1) is 11.9 Å². The molecule has 1 aromatic carbocycles. The largest absolute Gasteiger partial charge is 0.362 e. The molecule has 0 saturated heterocycles. The number of nitrogens with zero attached hydrogens (tertiary/aromatic N) is 1. The minimum atomic E-state index is -0.365. The quantitative estimate of drug-likeness (QED) is 0.510. The van der Waals surface area contributed by atoms with Gasteiger partial charge in [-0.25, -0.2) is 9.37 Å². The van der Waals surface area contributed by atoms with Crippen LogP contribution in [0.2, 0.25) is 0 Å². The monoisotopic (exact) mass is 304 g/mol. The maximum Gasteiger partial charge on any atom is 0.142 e. The zero-order valence-corrected chi connectivity index (χ0v) is 12.1. The summed E-state index contributed by atoms with van der Waals surface area (Å²) in [5.74, 6) is 5.69. The van der Waals surface area contributed by atoms with Crippen LogP contribution in [0.25, 0.3) is 11.0 Å². The lowest BCUT2D eigenvalue weighted by Gasteiger charge is -1.99. The van der Waals surface area contributed by atoms with E-state index in [2.05, 4.69) is 27.1 Å². The van der Waals surface area contributed by atoms with Gasteiger partial charge in [0.2, 0.25) is 0 Å². The summed E-state index contributed by atoms with van der Waals surface area (Å²) in [6.07, 6.45) is 5.66. The van der Waals surface area contributed by atoms with Gasteiger partial charge in [-0.2, -0.15) is 0 Å². The Balaban J connectivity index is 1.77. The van der Waals surface area contributed by atoms with Crippen LogP contribution in [0.4, 0.5) is 10.1 Å². The molecule has 0 aliphatic heterocycles. The van der Waals surface area contributed by atoms with Crippen molar-refractivity contribution >= 4 is 22.9 Å². The number of allylic oxidation sites excluding steroid dienone is 1. The van der Waals surface area contributed by atoms with E-state index in [1.807, 2.05) is 24.3 Å². The fraction of sp³-hybridized carbons (Fsp3) is 0. The summed E-state index contributed by atoms with van der Waals surface area (Å²) in [5, 5.41) is 10.6. The molecule has 0 fully saturated rings. The van der Waals surface area contributed by atoms with Crippen molar-refractivity contribution in [3.63, 3.8) is 0 Å². The van der Waals surface area contributed by atoms with Gasteiger partial charge in [-0.15, -0.1) is 0 Å². The molecule has 0 saturated carbocycles. The lowest BCUT2D eigenvalue weighted by molar-refractivity contribution is 0.624. The molecule has 2 heterocycles. The predicted molar refractivity (Wildman–Crippen MR) is 90.0 cm³/mol. The van der Waals surface area contributed by atoms with E-state index in [1.54, 1.807) is 18.3 Å². The van der Waals surface area contributed by atoms with Gasteiger partial charge in [-0.05, 0) is 48.4 Å². The Morgan fingerprint density at radius 1 is 1.17 bits per heavy atom. The van der Waals surface area contributed by atoms with Crippen LogP contribution in [0.3, 0.4) is 0 Å². The standard InChI is InChI=1S/C18H13FN4/c19-15-10-14-11-17(23-18(14)22-12-15)7-4-13-2-5-16(6-3-13)21-9-1-8-20/h1-3,5-6,8-12,20-21H,(H,22,23)/b9-1-,20-8?. The number of nitrogens with one attached hydrogen (secondary N) is 3. The number of aromatic nitrogens is 2. The molecular weight excluding hydrogens is 291 g/mol. The van der Waals surface area contributed by atoms with Crippen LogP contribution in [-0.2, 0) is 0 Å². The van der Waals surface area contributed by atoms with Gasteiger partial charge in [0, 0.05) is 29.1 Å². The molecule has 23 heavy (non-hydrogen) atoms. The van der Waals surface area contributed by atoms with E-state index in [0.717, 1.165) is 11.3 Å². The highest BCUT2D eigenvalue weighted by Crippen LogP contribution is 2.14. The number of pyridine rings is 1. The fourth-order valence-corrected chi connectivity index (χ4v) is 2.04. The number of halogens is 1. The van der Waals surface area contributed by atoms with Crippen molar-refractivity contribution in [1.29, 1.82) is 5.41 Å². The van der Waals surface area contributed by atoms with Crippen LogP contribution in [0.5, 0.6) is 0 Å². The Hall–Kier alpha value is -3.39. The van der Waals surface area contributed by atoms with Crippen LogP contribution >= 0.6 is 0 Å². The lowest BCUT2D eigenvalue weighted by Crippen LogP contribution is -1.87.